The van der Waals surface area contributed by atoms with Gasteiger partial charge in [0.05, 0.1) is 4.90 Å². The molecule has 130 valence electrons. The Bertz CT molecular complexity index is 1060. The van der Waals surface area contributed by atoms with E-state index in [9.17, 15) is 13.2 Å². The van der Waals surface area contributed by atoms with E-state index >= 15 is 0 Å². The number of H-pyrrole nitrogens is 1. The van der Waals surface area contributed by atoms with Gasteiger partial charge in [-0.1, -0.05) is 0 Å². The molecule has 1 saturated heterocycles. The van der Waals surface area contributed by atoms with Gasteiger partial charge < -0.3 is 9.40 Å². The summed E-state index contributed by atoms with van der Waals surface area (Å²) in [4.78, 5) is 18.8. The lowest BCUT2D eigenvalue weighted by atomic mass is 9.99. The van der Waals surface area contributed by atoms with E-state index in [0.29, 0.717) is 24.1 Å². The largest absolute Gasteiger partial charge is 0.423 e. The number of hydrogen-bond donors (Lipinski definition) is 1. The van der Waals surface area contributed by atoms with Gasteiger partial charge in [0.1, 0.15) is 11.4 Å². The molecule has 0 radical (unpaired) electrons. The van der Waals surface area contributed by atoms with Crippen LogP contribution in [0.5, 0.6) is 0 Å². The van der Waals surface area contributed by atoms with Crippen molar-refractivity contribution in [1.82, 2.24) is 14.3 Å². The fourth-order valence-electron chi connectivity index (χ4n) is 3.24. The molecule has 1 aliphatic heterocycles. The third kappa shape index (κ3) is 2.98. The maximum atomic E-state index is 13.0. The van der Waals surface area contributed by atoms with Gasteiger partial charge in [0.15, 0.2) is 0 Å². The number of nitrogens with one attached hydrogen (secondary N) is 1. The second-order valence-corrected chi connectivity index (χ2v) is 8.07. The minimum atomic E-state index is -3.62. The highest BCUT2D eigenvalue weighted by Gasteiger charge is 2.32. The lowest BCUT2D eigenvalue weighted by Crippen LogP contribution is -2.39. The number of rotatable bonds is 3. The zero-order valence-electron chi connectivity index (χ0n) is 13.4. The summed E-state index contributed by atoms with van der Waals surface area (Å²) in [5.74, 6) is 0.886. The molecule has 0 aliphatic carbocycles. The van der Waals surface area contributed by atoms with Gasteiger partial charge in [-0.2, -0.15) is 4.31 Å². The second-order valence-electron chi connectivity index (χ2n) is 6.13. The van der Waals surface area contributed by atoms with Gasteiger partial charge in [0, 0.05) is 42.9 Å². The van der Waals surface area contributed by atoms with Gasteiger partial charge in [0.25, 0.3) is 0 Å². The van der Waals surface area contributed by atoms with E-state index in [0.717, 1.165) is 18.7 Å². The van der Waals surface area contributed by atoms with Crippen molar-refractivity contribution in [3.8, 4) is 0 Å². The Labute approximate surface area is 144 Å². The first-order valence-electron chi connectivity index (χ1n) is 8.07. The number of fused-ring (bicyclic) bond motifs is 1. The molecule has 1 unspecified atom stereocenters. The maximum Gasteiger partial charge on any atom is 0.336 e. The monoisotopic (exact) mass is 359 g/mol. The molecule has 0 spiro atoms. The van der Waals surface area contributed by atoms with Crippen molar-refractivity contribution >= 4 is 21.0 Å². The van der Waals surface area contributed by atoms with Crippen molar-refractivity contribution < 1.29 is 12.8 Å². The first-order valence-corrected chi connectivity index (χ1v) is 9.51. The topological polar surface area (TPSA) is 96.3 Å². The lowest BCUT2D eigenvalue weighted by Gasteiger charge is -2.31. The van der Waals surface area contributed by atoms with Crippen LogP contribution in [0.3, 0.4) is 0 Å². The van der Waals surface area contributed by atoms with Crippen LogP contribution in [0, 0.1) is 0 Å². The Kier molecular flexibility index (Phi) is 3.93. The normalized spacial score (nSPS) is 19.3. The molecule has 1 aliphatic rings. The summed E-state index contributed by atoms with van der Waals surface area (Å²) in [6, 6.07) is 7.41. The summed E-state index contributed by atoms with van der Waals surface area (Å²) in [5.41, 5.74) is -0.0843. The van der Waals surface area contributed by atoms with Crippen LogP contribution in [-0.2, 0) is 10.0 Å². The van der Waals surface area contributed by atoms with Crippen molar-refractivity contribution in [2.75, 3.05) is 13.1 Å². The average molecular weight is 359 g/mol. The molecule has 1 N–H and O–H groups in total. The van der Waals surface area contributed by atoms with Gasteiger partial charge in [-0.25, -0.2) is 18.2 Å². The molecule has 3 aromatic rings. The minimum absolute atomic E-state index is 0.0667. The maximum absolute atomic E-state index is 13.0. The molecule has 8 heteroatoms. The van der Waals surface area contributed by atoms with E-state index in [1.165, 1.54) is 22.5 Å². The highest BCUT2D eigenvalue weighted by molar-refractivity contribution is 7.89. The Hall–Kier alpha value is -2.45. The van der Waals surface area contributed by atoms with Crippen molar-refractivity contribution in [1.29, 1.82) is 0 Å². The molecule has 4 rings (SSSR count). The van der Waals surface area contributed by atoms with Crippen LogP contribution < -0.4 is 5.63 Å². The highest BCUT2D eigenvalue weighted by Crippen LogP contribution is 2.29. The number of imidazole rings is 1. The third-order valence-electron chi connectivity index (χ3n) is 4.52. The van der Waals surface area contributed by atoms with Crippen LogP contribution in [-0.4, -0.2) is 35.8 Å². The summed E-state index contributed by atoms with van der Waals surface area (Å²) in [6.07, 6.45) is 5.12. The molecule has 0 bridgehead atoms. The van der Waals surface area contributed by atoms with Gasteiger partial charge in [-0.05, 0) is 37.1 Å². The summed E-state index contributed by atoms with van der Waals surface area (Å²) in [5, 5.41) is 0.584. The number of aromatic amines is 1. The molecule has 1 atom stereocenters. The number of benzene rings is 1. The average Bonchev–Trinajstić information content (AvgIpc) is 3.16. The number of hydrogen-bond acceptors (Lipinski definition) is 5. The number of piperidine rings is 1. The van der Waals surface area contributed by atoms with Crippen molar-refractivity contribution in [3.05, 3.63) is 59.0 Å². The minimum Gasteiger partial charge on any atom is -0.423 e. The van der Waals surface area contributed by atoms with Gasteiger partial charge in [-0.3, -0.25) is 0 Å². The number of nitrogens with zero attached hydrogens (tertiary/aromatic N) is 2. The van der Waals surface area contributed by atoms with Crippen LogP contribution in [0.15, 0.2) is 56.8 Å². The van der Waals surface area contributed by atoms with Gasteiger partial charge >= 0.3 is 5.63 Å². The molecular formula is C17H17N3O4S. The third-order valence-corrected chi connectivity index (χ3v) is 6.38. The van der Waals surface area contributed by atoms with Crippen LogP contribution in [0.1, 0.15) is 24.6 Å². The Balaban J connectivity index is 1.66. The summed E-state index contributed by atoms with van der Waals surface area (Å²) < 4.78 is 32.6. The molecule has 0 saturated carbocycles. The Morgan fingerprint density at radius 2 is 2.12 bits per heavy atom. The first kappa shape index (κ1) is 16.0. The number of aromatic nitrogens is 2. The fourth-order valence-corrected chi connectivity index (χ4v) is 4.80. The first-order chi connectivity index (χ1) is 12.0. The van der Waals surface area contributed by atoms with Crippen molar-refractivity contribution in [2.24, 2.45) is 0 Å². The quantitative estimate of drug-likeness (QED) is 0.722. The van der Waals surface area contributed by atoms with Gasteiger partial charge in [0.2, 0.25) is 10.0 Å². The zero-order chi connectivity index (χ0) is 17.4. The fraction of sp³-hybridized carbons (Fsp3) is 0.294. The molecule has 25 heavy (non-hydrogen) atoms. The number of sulfonamides is 1. The molecular weight excluding hydrogens is 342 g/mol. The van der Waals surface area contributed by atoms with E-state index in [1.54, 1.807) is 24.5 Å². The predicted octanol–water partition coefficient (Wildman–Crippen LogP) is 2.08. The van der Waals surface area contributed by atoms with E-state index in [2.05, 4.69) is 9.97 Å². The lowest BCUT2D eigenvalue weighted by molar-refractivity contribution is 0.310. The van der Waals surface area contributed by atoms with E-state index < -0.39 is 15.6 Å². The molecule has 3 heterocycles. The molecule has 1 aromatic carbocycles. The summed E-state index contributed by atoms with van der Waals surface area (Å²) >= 11 is 0. The molecule has 2 aromatic heterocycles. The van der Waals surface area contributed by atoms with E-state index in [-0.39, 0.29) is 10.8 Å². The van der Waals surface area contributed by atoms with Crippen molar-refractivity contribution in [3.63, 3.8) is 0 Å². The molecule has 0 amide bonds. The Morgan fingerprint density at radius 1 is 1.24 bits per heavy atom. The van der Waals surface area contributed by atoms with E-state index in [4.69, 9.17) is 4.42 Å². The standard InChI is InChI=1S/C17H17N3O4S/c21-16-6-3-12-10-14(4-5-15(12)24-16)25(22,23)20-9-1-2-13(11-20)17-18-7-8-19-17/h3-8,10,13H,1-2,9,11H2,(H,18,19). The predicted molar refractivity (Wildman–Crippen MR) is 91.8 cm³/mol. The van der Waals surface area contributed by atoms with Crippen molar-refractivity contribution in [2.45, 2.75) is 23.7 Å². The molecule has 1 fully saturated rings. The second kappa shape index (κ2) is 6.12. The molecule has 7 nitrogen and oxygen atoms in total. The Morgan fingerprint density at radius 3 is 2.92 bits per heavy atom. The SMILES string of the molecule is O=c1ccc2cc(S(=O)(=O)N3CCCC(c4ncc[nH]4)C3)ccc2o1. The summed E-state index contributed by atoms with van der Waals surface area (Å²) in [6.45, 7) is 0.888. The van der Waals surface area contributed by atoms with Crippen LogP contribution >= 0.6 is 0 Å². The van der Waals surface area contributed by atoms with Crippen LogP contribution in [0.4, 0.5) is 0 Å². The van der Waals surface area contributed by atoms with Gasteiger partial charge in [-0.15, -0.1) is 0 Å². The smallest absolute Gasteiger partial charge is 0.336 e. The highest BCUT2D eigenvalue weighted by atomic mass is 32.2. The van der Waals surface area contributed by atoms with Crippen LogP contribution in [0.2, 0.25) is 0 Å². The zero-order valence-corrected chi connectivity index (χ0v) is 14.2. The van der Waals surface area contributed by atoms with Crippen LogP contribution in [0.25, 0.3) is 11.0 Å². The van der Waals surface area contributed by atoms with E-state index in [1.807, 2.05) is 0 Å². The summed E-state index contributed by atoms with van der Waals surface area (Å²) in [7, 11) is -3.62.